The van der Waals surface area contributed by atoms with E-state index < -0.39 is 5.97 Å². The predicted octanol–water partition coefficient (Wildman–Crippen LogP) is 1.85. The van der Waals surface area contributed by atoms with Crippen LogP contribution in [0.4, 0.5) is 11.8 Å². The zero-order chi connectivity index (χ0) is 16.9. The predicted molar refractivity (Wildman–Crippen MR) is 91.6 cm³/mol. The number of aryl methyl sites for hydroxylation is 1. The van der Waals surface area contributed by atoms with Crippen LogP contribution in [0.15, 0.2) is 30.6 Å². The van der Waals surface area contributed by atoms with Crippen molar-refractivity contribution in [1.82, 2.24) is 15.0 Å². The molecule has 7 nitrogen and oxygen atoms in total. The summed E-state index contributed by atoms with van der Waals surface area (Å²) in [6.07, 6.45) is 4.72. The fraction of sp³-hybridized carbons (Fsp3) is 0.412. The zero-order valence-electron chi connectivity index (χ0n) is 13.7. The highest BCUT2D eigenvalue weighted by Crippen LogP contribution is 2.18. The minimum atomic E-state index is -0.968. The number of carbonyl (C=O) groups is 1. The SMILES string of the molecule is CCCc1nc(N2CCN(c3ccccn3)CC2)ncc1C(=O)O. The normalized spacial score (nSPS) is 14.7. The van der Waals surface area contributed by atoms with Crippen molar-refractivity contribution < 1.29 is 9.90 Å². The first-order chi connectivity index (χ1) is 11.7. The van der Waals surface area contributed by atoms with Crippen molar-refractivity contribution in [1.29, 1.82) is 0 Å². The fourth-order valence-electron chi connectivity index (χ4n) is 2.84. The number of piperazine rings is 1. The third-order valence-corrected chi connectivity index (χ3v) is 4.11. The van der Waals surface area contributed by atoms with Gasteiger partial charge in [-0.15, -0.1) is 0 Å². The summed E-state index contributed by atoms with van der Waals surface area (Å²) >= 11 is 0. The molecule has 24 heavy (non-hydrogen) atoms. The molecule has 1 fully saturated rings. The van der Waals surface area contributed by atoms with Crippen molar-refractivity contribution in [2.24, 2.45) is 0 Å². The van der Waals surface area contributed by atoms with Gasteiger partial charge in [0.2, 0.25) is 5.95 Å². The molecule has 0 unspecified atom stereocenters. The topological polar surface area (TPSA) is 82.5 Å². The number of anilines is 2. The Bertz CT molecular complexity index is 699. The van der Waals surface area contributed by atoms with Gasteiger partial charge in [0.05, 0.1) is 11.3 Å². The van der Waals surface area contributed by atoms with Gasteiger partial charge in [0.1, 0.15) is 5.82 Å². The van der Waals surface area contributed by atoms with Crippen LogP contribution >= 0.6 is 0 Å². The molecule has 3 rings (SSSR count). The molecule has 1 N–H and O–H groups in total. The molecule has 0 atom stereocenters. The van der Waals surface area contributed by atoms with Gasteiger partial charge in [-0.1, -0.05) is 19.4 Å². The number of pyridine rings is 1. The second kappa shape index (κ2) is 7.25. The molecule has 2 aromatic heterocycles. The summed E-state index contributed by atoms with van der Waals surface area (Å²) in [6, 6.07) is 5.90. The van der Waals surface area contributed by atoms with E-state index in [-0.39, 0.29) is 5.56 Å². The van der Waals surface area contributed by atoms with E-state index in [9.17, 15) is 9.90 Å². The van der Waals surface area contributed by atoms with Gasteiger partial charge in [0, 0.05) is 38.6 Å². The number of aromatic carboxylic acids is 1. The van der Waals surface area contributed by atoms with E-state index in [0.29, 0.717) is 18.1 Å². The van der Waals surface area contributed by atoms with Gasteiger partial charge in [-0.3, -0.25) is 0 Å². The number of rotatable bonds is 5. The van der Waals surface area contributed by atoms with Crippen LogP contribution in [0, 0.1) is 0 Å². The van der Waals surface area contributed by atoms with E-state index in [1.165, 1.54) is 6.20 Å². The van der Waals surface area contributed by atoms with Crippen molar-refractivity contribution >= 4 is 17.7 Å². The van der Waals surface area contributed by atoms with E-state index in [0.717, 1.165) is 38.4 Å². The van der Waals surface area contributed by atoms with Crippen LogP contribution in [0.3, 0.4) is 0 Å². The van der Waals surface area contributed by atoms with E-state index in [1.807, 2.05) is 25.1 Å². The van der Waals surface area contributed by atoms with E-state index in [4.69, 9.17) is 0 Å². The maximum atomic E-state index is 11.3. The molecule has 3 heterocycles. The molecule has 0 aliphatic carbocycles. The molecule has 0 bridgehead atoms. The summed E-state index contributed by atoms with van der Waals surface area (Å²) in [4.78, 5) is 28.8. The van der Waals surface area contributed by atoms with Gasteiger partial charge >= 0.3 is 5.97 Å². The smallest absolute Gasteiger partial charge is 0.339 e. The van der Waals surface area contributed by atoms with Crippen molar-refractivity contribution in [3.8, 4) is 0 Å². The Labute approximate surface area is 141 Å². The van der Waals surface area contributed by atoms with Crippen LogP contribution in [0.5, 0.6) is 0 Å². The van der Waals surface area contributed by atoms with Gasteiger partial charge in [0.15, 0.2) is 0 Å². The van der Waals surface area contributed by atoms with E-state index in [1.54, 1.807) is 6.20 Å². The minimum Gasteiger partial charge on any atom is -0.478 e. The second-order valence-corrected chi connectivity index (χ2v) is 5.75. The largest absolute Gasteiger partial charge is 0.478 e. The first-order valence-electron chi connectivity index (χ1n) is 8.19. The fourth-order valence-corrected chi connectivity index (χ4v) is 2.84. The number of carboxylic acids is 1. The first-order valence-corrected chi connectivity index (χ1v) is 8.19. The highest BCUT2D eigenvalue weighted by molar-refractivity contribution is 5.88. The van der Waals surface area contributed by atoms with Crippen LogP contribution in [0.25, 0.3) is 0 Å². The average molecular weight is 327 g/mol. The summed E-state index contributed by atoms with van der Waals surface area (Å²) < 4.78 is 0. The molecular formula is C17H21N5O2. The first kappa shape index (κ1) is 16.2. The maximum absolute atomic E-state index is 11.3. The molecule has 0 amide bonds. The Kier molecular flexibility index (Phi) is 4.88. The van der Waals surface area contributed by atoms with Crippen LogP contribution < -0.4 is 9.80 Å². The average Bonchev–Trinajstić information content (AvgIpc) is 2.63. The van der Waals surface area contributed by atoms with Gasteiger partial charge in [-0.05, 0) is 18.6 Å². The van der Waals surface area contributed by atoms with Crippen LogP contribution in [0.2, 0.25) is 0 Å². The lowest BCUT2D eigenvalue weighted by atomic mass is 10.1. The number of nitrogens with zero attached hydrogens (tertiary/aromatic N) is 5. The molecule has 0 radical (unpaired) electrons. The minimum absolute atomic E-state index is 0.202. The van der Waals surface area contributed by atoms with Crippen molar-refractivity contribution in [2.45, 2.75) is 19.8 Å². The molecule has 0 saturated carbocycles. The Hall–Kier alpha value is -2.70. The van der Waals surface area contributed by atoms with Gasteiger partial charge < -0.3 is 14.9 Å². The number of carboxylic acid groups (broad SMARTS) is 1. The number of aromatic nitrogens is 3. The van der Waals surface area contributed by atoms with Gasteiger partial charge in [0.25, 0.3) is 0 Å². The molecular weight excluding hydrogens is 306 g/mol. The van der Waals surface area contributed by atoms with Crippen molar-refractivity contribution in [2.75, 3.05) is 36.0 Å². The van der Waals surface area contributed by atoms with Crippen molar-refractivity contribution in [3.63, 3.8) is 0 Å². The lowest BCUT2D eigenvalue weighted by Crippen LogP contribution is -2.47. The molecule has 0 aromatic carbocycles. The Morgan fingerprint density at radius 1 is 1.17 bits per heavy atom. The third-order valence-electron chi connectivity index (χ3n) is 4.11. The van der Waals surface area contributed by atoms with E-state index in [2.05, 4.69) is 24.8 Å². The highest BCUT2D eigenvalue weighted by atomic mass is 16.4. The Balaban J connectivity index is 1.72. The summed E-state index contributed by atoms with van der Waals surface area (Å²) in [7, 11) is 0. The lowest BCUT2D eigenvalue weighted by molar-refractivity contribution is 0.0694. The molecule has 126 valence electrons. The number of hydrogen-bond donors (Lipinski definition) is 1. The number of hydrogen-bond acceptors (Lipinski definition) is 6. The highest BCUT2D eigenvalue weighted by Gasteiger charge is 2.21. The van der Waals surface area contributed by atoms with Crippen LogP contribution in [-0.2, 0) is 6.42 Å². The summed E-state index contributed by atoms with van der Waals surface area (Å²) in [5.74, 6) is 0.625. The summed E-state index contributed by atoms with van der Waals surface area (Å²) in [5, 5.41) is 9.25. The second-order valence-electron chi connectivity index (χ2n) is 5.75. The lowest BCUT2D eigenvalue weighted by Gasteiger charge is -2.35. The molecule has 1 aliphatic heterocycles. The zero-order valence-corrected chi connectivity index (χ0v) is 13.7. The van der Waals surface area contributed by atoms with E-state index >= 15 is 0 Å². The molecule has 1 aliphatic rings. The monoisotopic (exact) mass is 327 g/mol. The maximum Gasteiger partial charge on any atom is 0.339 e. The standard InChI is InChI=1S/C17H21N5O2/c1-2-5-14-13(16(23)24)12-19-17(20-14)22-10-8-21(9-11-22)15-6-3-4-7-18-15/h3-4,6-7,12H,2,5,8-11H2,1H3,(H,23,24). The molecule has 2 aromatic rings. The van der Waals surface area contributed by atoms with Gasteiger partial charge in [-0.25, -0.2) is 19.7 Å². The van der Waals surface area contributed by atoms with Crippen LogP contribution in [0.1, 0.15) is 29.4 Å². The quantitative estimate of drug-likeness (QED) is 0.897. The molecule has 1 saturated heterocycles. The third kappa shape index (κ3) is 3.45. The molecule has 0 spiro atoms. The summed E-state index contributed by atoms with van der Waals surface area (Å²) in [5.41, 5.74) is 0.815. The van der Waals surface area contributed by atoms with Gasteiger partial charge in [-0.2, -0.15) is 0 Å². The summed E-state index contributed by atoms with van der Waals surface area (Å²) in [6.45, 7) is 5.26. The molecule has 7 heteroatoms. The Morgan fingerprint density at radius 2 is 1.92 bits per heavy atom. The van der Waals surface area contributed by atoms with Crippen molar-refractivity contribution in [3.05, 3.63) is 41.9 Å². The van der Waals surface area contributed by atoms with Crippen LogP contribution in [-0.4, -0.2) is 52.2 Å². The Morgan fingerprint density at radius 3 is 2.54 bits per heavy atom.